The number of fused-ring (bicyclic) bond motifs is 1. The first-order valence-corrected chi connectivity index (χ1v) is 8.42. The van der Waals surface area contributed by atoms with Gasteiger partial charge in [0.15, 0.2) is 5.69 Å². The van der Waals surface area contributed by atoms with Crippen LogP contribution in [0.2, 0.25) is 0 Å². The molecule has 0 radical (unpaired) electrons. The molecule has 7 nitrogen and oxygen atoms in total. The number of aromatic nitrogens is 2. The largest absolute Gasteiger partial charge is 0.465 e. The molecule has 4 heterocycles. The summed E-state index contributed by atoms with van der Waals surface area (Å²) in [6.45, 7) is 7.59. The topological polar surface area (TPSA) is 68.6 Å². The Bertz CT molecular complexity index is 742. The molecule has 1 N–H and O–H groups in total. The maximum atomic E-state index is 12.8. The van der Waals surface area contributed by atoms with E-state index in [4.69, 9.17) is 4.42 Å². The van der Waals surface area contributed by atoms with Gasteiger partial charge in [-0.1, -0.05) is 0 Å². The zero-order valence-corrected chi connectivity index (χ0v) is 14.2. The van der Waals surface area contributed by atoms with E-state index in [-0.39, 0.29) is 5.91 Å². The molecule has 4 rings (SSSR count). The van der Waals surface area contributed by atoms with Crippen LogP contribution in [0.5, 0.6) is 0 Å². The normalized spacial score (nSPS) is 19.0. The first-order valence-electron chi connectivity index (χ1n) is 8.42. The summed E-state index contributed by atoms with van der Waals surface area (Å²) in [7, 11) is 2.09. The quantitative estimate of drug-likeness (QED) is 0.917. The number of carbonyl (C=O) groups excluding carboxylic acids is 1. The van der Waals surface area contributed by atoms with Gasteiger partial charge < -0.3 is 14.2 Å². The van der Waals surface area contributed by atoms with Crippen molar-refractivity contribution in [1.82, 2.24) is 24.9 Å². The van der Waals surface area contributed by atoms with E-state index in [1.165, 1.54) is 0 Å². The SMILES string of the molecule is Cc1ccc(CN2Cc3[nH]nc(C(=O)N4CCN(C)CC4)c3C2)o1. The zero-order valence-electron chi connectivity index (χ0n) is 14.2. The van der Waals surface area contributed by atoms with E-state index in [1.807, 2.05) is 24.0 Å². The van der Waals surface area contributed by atoms with Crippen molar-refractivity contribution in [3.8, 4) is 0 Å². The second-order valence-electron chi connectivity index (χ2n) is 6.78. The van der Waals surface area contributed by atoms with Gasteiger partial charge in [0.2, 0.25) is 0 Å². The number of hydrogen-bond donors (Lipinski definition) is 1. The lowest BCUT2D eigenvalue weighted by Crippen LogP contribution is -2.47. The molecule has 1 amide bonds. The number of rotatable bonds is 3. The van der Waals surface area contributed by atoms with E-state index in [1.54, 1.807) is 0 Å². The molecule has 2 aliphatic heterocycles. The average Bonchev–Trinajstić information content (AvgIpc) is 3.24. The van der Waals surface area contributed by atoms with Crippen LogP contribution in [0.1, 0.15) is 33.3 Å². The Hall–Kier alpha value is -2.12. The molecule has 2 aromatic heterocycles. The van der Waals surface area contributed by atoms with Gasteiger partial charge in [-0.05, 0) is 26.1 Å². The molecule has 128 valence electrons. The minimum atomic E-state index is 0.0521. The average molecular weight is 329 g/mol. The van der Waals surface area contributed by atoms with Gasteiger partial charge in [0.25, 0.3) is 5.91 Å². The van der Waals surface area contributed by atoms with Gasteiger partial charge in [-0.25, -0.2) is 0 Å². The van der Waals surface area contributed by atoms with Crippen molar-refractivity contribution < 1.29 is 9.21 Å². The van der Waals surface area contributed by atoms with E-state index >= 15 is 0 Å². The van der Waals surface area contributed by atoms with Crippen LogP contribution in [0.25, 0.3) is 0 Å². The van der Waals surface area contributed by atoms with Crippen LogP contribution in [-0.2, 0) is 19.6 Å². The number of nitrogens with one attached hydrogen (secondary N) is 1. The van der Waals surface area contributed by atoms with Crippen LogP contribution in [-0.4, -0.2) is 64.0 Å². The Labute approximate surface area is 141 Å². The Morgan fingerprint density at radius 1 is 1.25 bits per heavy atom. The Morgan fingerprint density at radius 2 is 2.04 bits per heavy atom. The van der Waals surface area contributed by atoms with Crippen molar-refractivity contribution in [3.05, 3.63) is 40.6 Å². The third kappa shape index (κ3) is 2.85. The maximum absolute atomic E-state index is 12.8. The van der Waals surface area contributed by atoms with Crippen LogP contribution >= 0.6 is 0 Å². The zero-order chi connectivity index (χ0) is 16.7. The summed E-state index contributed by atoms with van der Waals surface area (Å²) < 4.78 is 5.66. The summed E-state index contributed by atoms with van der Waals surface area (Å²) in [6.07, 6.45) is 0. The summed E-state index contributed by atoms with van der Waals surface area (Å²) in [5.41, 5.74) is 2.69. The Kier molecular flexibility index (Phi) is 3.90. The maximum Gasteiger partial charge on any atom is 0.274 e. The minimum absolute atomic E-state index is 0.0521. The number of nitrogens with zero attached hydrogens (tertiary/aromatic N) is 4. The highest BCUT2D eigenvalue weighted by Crippen LogP contribution is 2.26. The second-order valence-corrected chi connectivity index (χ2v) is 6.78. The number of aromatic amines is 1. The van der Waals surface area contributed by atoms with Crippen LogP contribution < -0.4 is 0 Å². The lowest BCUT2D eigenvalue weighted by molar-refractivity contribution is 0.0656. The molecule has 2 aromatic rings. The number of aryl methyl sites for hydroxylation is 1. The molecule has 0 aromatic carbocycles. The van der Waals surface area contributed by atoms with Crippen molar-refractivity contribution >= 4 is 5.91 Å². The van der Waals surface area contributed by atoms with Crippen LogP contribution in [0.3, 0.4) is 0 Å². The molecular formula is C17H23N5O2. The molecule has 1 fully saturated rings. The highest BCUT2D eigenvalue weighted by molar-refractivity contribution is 5.94. The third-order valence-corrected chi connectivity index (χ3v) is 4.88. The lowest BCUT2D eigenvalue weighted by Gasteiger charge is -2.32. The fraction of sp³-hybridized carbons (Fsp3) is 0.529. The molecule has 1 saturated heterocycles. The number of hydrogen-bond acceptors (Lipinski definition) is 5. The van der Waals surface area contributed by atoms with Crippen molar-refractivity contribution in [2.75, 3.05) is 33.2 Å². The first kappa shape index (κ1) is 15.4. The first-order chi connectivity index (χ1) is 11.6. The number of likely N-dealkylation sites (N-methyl/N-ethyl adjacent to an activating group) is 1. The standard InChI is InChI=1S/C17H23N5O2/c1-12-3-4-13(24-12)9-21-10-14-15(11-21)18-19-16(14)17(23)22-7-5-20(2)6-8-22/h3-4H,5-11H2,1-2H3,(H,18,19). The minimum Gasteiger partial charge on any atom is -0.465 e. The van der Waals surface area contributed by atoms with Crippen molar-refractivity contribution in [3.63, 3.8) is 0 Å². The number of furan rings is 1. The van der Waals surface area contributed by atoms with Crippen LogP contribution in [0, 0.1) is 6.92 Å². The molecule has 0 aliphatic carbocycles. The van der Waals surface area contributed by atoms with E-state index < -0.39 is 0 Å². The lowest BCUT2D eigenvalue weighted by atomic mass is 10.2. The number of piperazine rings is 1. The van der Waals surface area contributed by atoms with Crippen LogP contribution in [0.4, 0.5) is 0 Å². The summed E-state index contributed by atoms with van der Waals surface area (Å²) in [4.78, 5) is 19.2. The summed E-state index contributed by atoms with van der Waals surface area (Å²) in [5, 5.41) is 7.35. The van der Waals surface area contributed by atoms with Gasteiger partial charge in [-0.15, -0.1) is 0 Å². The molecule has 2 aliphatic rings. The van der Waals surface area contributed by atoms with Gasteiger partial charge in [-0.3, -0.25) is 14.8 Å². The molecule has 0 atom stereocenters. The van der Waals surface area contributed by atoms with Gasteiger partial charge in [0.05, 0.1) is 12.2 Å². The summed E-state index contributed by atoms with van der Waals surface area (Å²) in [6, 6.07) is 3.99. The number of carbonyl (C=O) groups is 1. The molecule has 0 saturated carbocycles. The predicted octanol–water partition coefficient (Wildman–Crippen LogP) is 1.21. The third-order valence-electron chi connectivity index (χ3n) is 4.88. The fourth-order valence-corrected chi connectivity index (χ4v) is 3.44. The highest BCUT2D eigenvalue weighted by Gasteiger charge is 2.31. The van der Waals surface area contributed by atoms with E-state index in [2.05, 4.69) is 27.0 Å². The van der Waals surface area contributed by atoms with Gasteiger partial charge in [-0.2, -0.15) is 5.10 Å². The smallest absolute Gasteiger partial charge is 0.274 e. The van der Waals surface area contributed by atoms with Gasteiger partial charge >= 0.3 is 0 Å². The molecular weight excluding hydrogens is 306 g/mol. The monoisotopic (exact) mass is 329 g/mol. The number of H-pyrrole nitrogens is 1. The van der Waals surface area contributed by atoms with Gasteiger partial charge in [0.1, 0.15) is 11.5 Å². The highest BCUT2D eigenvalue weighted by atomic mass is 16.3. The van der Waals surface area contributed by atoms with Crippen molar-refractivity contribution in [2.24, 2.45) is 0 Å². The molecule has 24 heavy (non-hydrogen) atoms. The predicted molar refractivity (Wildman–Crippen MR) is 88.4 cm³/mol. The van der Waals surface area contributed by atoms with E-state index in [0.29, 0.717) is 5.69 Å². The van der Waals surface area contributed by atoms with Crippen molar-refractivity contribution in [2.45, 2.75) is 26.6 Å². The molecule has 0 spiro atoms. The Balaban J connectivity index is 1.45. The molecule has 0 unspecified atom stereocenters. The fourth-order valence-electron chi connectivity index (χ4n) is 3.44. The van der Waals surface area contributed by atoms with E-state index in [9.17, 15) is 4.79 Å². The number of amides is 1. The summed E-state index contributed by atoms with van der Waals surface area (Å²) in [5.74, 6) is 1.93. The Morgan fingerprint density at radius 3 is 2.75 bits per heavy atom. The van der Waals surface area contributed by atoms with Gasteiger partial charge in [0, 0.05) is 44.8 Å². The van der Waals surface area contributed by atoms with Crippen LogP contribution in [0.15, 0.2) is 16.5 Å². The summed E-state index contributed by atoms with van der Waals surface area (Å²) >= 11 is 0. The molecule has 0 bridgehead atoms. The van der Waals surface area contributed by atoms with E-state index in [0.717, 1.165) is 68.6 Å². The molecule has 7 heteroatoms. The second kappa shape index (κ2) is 6.07. The van der Waals surface area contributed by atoms with Crippen molar-refractivity contribution in [1.29, 1.82) is 0 Å².